The molecule has 1 atom stereocenters. The van der Waals surface area contributed by atoms with Crippen molar-refractivity contribution < 1.29 is 9.53 Å². The molecule has 3 heterocycles. The predicted molar refractivity (Wildman–Crippen MR) is 154 cm³/mol. The van der Waals surface area contributed by atoms with E-state index in [-0.39, 0.29) is 5.91 Å². The van der Waals surface area contributed by atoms with Crippen molar-refractivity contribution in [3.63, 3.8) is 0 Å². The number of anilines is 2. The minimum absolute atomic E-state index is 0.288. The van der Waals surface area contributed by atoms with Crippen molar-refractivity contribution in [2.45, 2.75) is 5.41 Å². The predicted octanol–water partition coefficient (Wildman–Crippen LogP) is 6.15. The third-order valence-electron chi connectivity index (χ3n) is 7.59. The Bertz CT molecular complexity index is 1850. The number of para-hydroxylation sites is 2. The average Bonchev–Trinajstić information content (AvgIpc) is 3.54. The molecule has 4 aromatic carbocycles. The molecular formula is C33H23N5O2. The van der Waals surface area contributed by atoms with Gasteiger partial charge in [0.1, 0.15) is 17.0 Å². The van der Waals surface area contributed by atoms with Gasteiger partial charge in [0.15, 0.2) is 0 Å². The summed E-state index contributed by atoms with van der Waals surface area (Å²) < 4.78 is 7.20. The second-order valence-electron chi connectivity index (χ2n) is 9.65. The topological polar surface area (TPSA) is 92.0 Å². The van der Waals surface area contributed by atoms with Crippen molar-refractivity contribution in [1.82, 2.24) is 9.78 Å². The van der Waals surface area contributed by atoms with Crippen molar-refractivity contribution in [1.29, 1.82) is 5.26 Å². The van der Waals surface area contributed by atoms with Crippen molar-refractivity contribution >= 4 is 23.1 Å². The molecule has 5 aromatic rings. The zero-order valence-corrected chi connectivity index (χ0v) is 21.6. The van der Waals surface area contributed by atoms with E-state index in [1.54, 1.807) is 7.11 Å². The fourth-order valence-electron chi connectivity index (χ4n) is 5.80. The maximum absolute atomic E-state index is 14.4. The van der Waals surface area contributed by atoms with Crippen LogP contribution in [-0.2, 0) is 10.2 Å². The lowest BCUT2D eigenvalue weighted by Gasteiger charge is -2.35. The first kappa shape index (κ1) is 23.5. The summed E-state index contributed by atoms with van der Waals surface area (Å²) in [6.07, 6.45) is 0. The molecule has 2 N–H and O–H groups in total. The Morgan fingerprint density at radius 2 is 1.50 bits per heavy atom. The number of aromatic nitrogens is 2. The van der Waals surface area contributed by atoms with Gasteiger partial charge in [-0.2, -0.15) is 10.4 Å². The molecule has 192 valence electrons. The number of rotatable bonds is 4. The van der Waals surface area contributed by atoms with Gasteiger partial charge in [-0.25, -0.2) is 4.68 Å². The zero-order valence-electron chi connectivity index (χ0n) is 21.6. The highest BCUT2D eigenvalue weighted by molar-refractivity contribution is 6.16. The highest BCUT2D eigenvalue weighted by atomic mass is 16.5. The van der Waals surface area contributed by atoms with Crippen LogP contribution in [0.5, 0.6) is 5.75 Å². The van der Waals surface area contributed by atoms with E-state index in [2.05, 4.69) is 16.7 Å². The summed E-state index contributed by atoms with van der Waals surface area (Å²) in [6.45, 7) is 0. The number of methoxy groups -OCH3 is 1. The smallest absolute Gasteiger partial charge is 0.245 e. The number of amides is 1. The number of benzene rings is 4. The molecule has 7 heteroatoms. The second-order valence-corrected chi connectivity index (χ2v) is 9.65. The molecule has 7 nitrogen and oxygen atoms in total. The van der Waals surface area contributed by atoms with E-state index < -0.39 is 5.41 Å². The summed E-state index contributed by atoms with van der Waals surface area (Å²) in [5.74, 6) is 1.03. The molecule has 0 unspecified atom stereocenters. The van der Waals surface area contributed by atoms with Gasteiger partial charge in [-0.05, 0) is 48.0 Å². The highest BCUT2D eigenvalue weighted by Crippen LogP contribution is 2.57. The molecule has 0 aliphatic carbocycles. The zero-order chi connectivity index (χ0) is 27.3. The number of nitrogens with zero attached hydrogens (tertiary/aromatic N) is 3. The Labute approximate surface area is 231 Å². The first-order chi connectivity index (χ1) is 19.7. The van der Waals surface area contributed by atoms with E-state index in [0.717, 1.165) is 22.4 Å². The Balaban J connectivity index is 1.63. The number of carbonyl (C=O) groups is 1. The molecule has 0 saturated carbocycles. The van der Waals surface area contributed by atoms with Gasteiger partial charge in [-0.3, -0.25) is 4.79 Å². The number of fused-ring (bicyclic) bond motifs is 4. The largest absolute Gasteiger partial charge is 0.497 e. The molecule has 2 aliphatic rings. The molecule has 7 rings (SSSR count). The number of nitriles is 1. The Morgan fingerprint density at radius 1 is 0.825 bits per heavy atom. The molecule has 0 saturated heterocycles. The third-order valence-corrected chi connectivity index (χ3v) is 7.59. The van der Waals surface area contributed by atoms with Gasteiger partial charge < -0.3 is 15.4 Å². The van der Waals surface area contributed by atoms with Crippen LogP contribution in [0.25, 0.3) is 22.6 Å². The van der Waals surface area contributed by atoms with E-state index in [1.807, 2.05) is 114 Å². The van der Waals surface area contributed by atoms with Gasteiger partial charge in [0, 0.05) is 22.4 Å². The van der Waals surface area contributed by atoms with Crippen LogP contribution in [-0.4, -0.2) is 22.8 Å². The number of ether oxygens (including phenoxy) is 1. The van der Waals surface area contributed by atoms with Crippen molar-refractivity contribution in [2.24, 2.45) is 0 Å². The first-order valence-corrected chi connectivity index (χ1v) is 12.9. The lowest BCUT2D eigenvalue weighted by molar-refractivity contribution is -0.118. The fraction of sp³-hybridized carbons (Fsp3) is 0.0606. The van der Waals surface area contributed by atoms with Crippen LogP contribution in [0.2, 0.25) is 0 Å². The van der Waals surface area contributed by atoms with Crippen LogP contribution < -0.4 is 15.4 Å². The number of hydrogen-bond acceptors (Lipinski definition) is 5. The first-order valence-electron chi connectivity index (χ1n) is 12.9. The van der Waals surface area contributed by atoms with Gasteiger partial charge >= 0.3 is 0 Å². The van der Waals surface area contributed by atoms with E-state index in [9.17, 15) is 10.1 Å². The normalized spacial score (nSPS) is 17.1. The number of hydrogen-bond donors (Lipinski definition) is 2. The Morgan fingerprint density at radius 3 is 2.20 bits per heavy atom. The molecule has 1 aromatic heterocycles. The van der Waals surface area contributed by atoms with Crippen LogP contribution in [0.15, 0.2) is 115 Å². The fourth-order valence-corrected chi connectivity index (χ4v) is 5.80. The second kappa shape index (κ2) is 9.00. The van der Waals surface area contributed by atoms with Crippen molar-refractivity contribution in [2.75, 3.05) is 17.7 Å². The molecule has 2 aliphatic heterocycles. The monoisotopic (exact) mass is 521 g/mol. The minimum atomic E-state index is -1.43. The number of nitrogens with one attached hydrogen (secondary N) is 2. The van der Waals surface area contributed by atoms with Gasteiger partial charge in [-0.15, -0.1) is 0 Å². The van der Waals surface area contributed by atoms with E-state index >= 15 is 0 Å². The Kier molecular flexibility index (Phi) is 5.29. The quantitative estimate of drug-likeness (QED) is 0.296. The Hall–Kier alpha value is -5.61. The van der Waals surface area contributed by atoms with Gasteiger partial charge in [0.05, 0.1) is 35.8 Å². The highest BCUT2D eigenvalue weighted by Gasteiger charge is 2.58. The van der Waals surface area contributed by atoms with Crippen molar-refractivity contribution in [3.8, 4) is 28.8 Å². The van der Waals surface area contributed by atoms with Crippen LogP contribution >= 0.6 is 0 Å². The van der Waals surface area contributed by atoms with E-state index in [1.165, 1.54) is 0 Å². The lowest BCUT2D eigenvalue weighted by atomic mass is 9.66. The molecule has 40 heavy (non-hydrogen) atoms. The summed E-state index contributed by atoms with van der Waals surface area (Å²) >= 11 is 0. The molecule has 0 radical (unpaired) electrons. The van der Waals surface area contributed by atoms with Gasteiger partial charge in [0.2, 0.25) is 5.91 Å². The lowest BCUT2D eigenvalue weighted by Crippen LogP contribution is -2.41. The summed E-state index contributed by atoms with van der Waals surface area (Å²) in [7, 11) is 1.61. The van der Waals surface area contributed by atoms with Crippen LogP contribution in [0.1, 0.15) is 16.7 Å². The molecule has 0 fully saturated rings. The SMILES string of the molecule is COc1ccc(C2=C(C#N)[C@@]3(C(=O)Nc4ccccc43)c3c(-c4ccccc4)nn(-c4ccccc4)c3N2)cc1. The van der Waals surface area contributed by atoms with E-state index in [4.69, 9.17) is 9.84 Å². The molecular weight excluding hydrogens is 498 g/mol. The van der Waals surface area contributed by atoms with Gasteiger partial charge in [0.25, 0.3) is 0 Å². The molecule has 1 amide bonds. The summed E-state index contributed by atoms with van der Waals surface area (Å²) in [6, 6.07) is 37.0. The summed E-state index contributed by atoms with van der Waals surface area (Å²) in [5.41, 5.74) is 4.49. The summed E-state index contributed by atoms with van der Waals surface area (Å²) in [4.78, 5) is 14.4. The maximum atomic E-state index is 14.4. The standard InChI is InChI=1S/C33H23N5O2/c1-40-24-18-16-22(17-19-24)29-26(20-34)33(25-14-8-9-15-27(25)35-32(33)39)28-30(21-10-4-2-5-11-21)37-38(31(28)36-29)23-12-6-3-7-13-23/h2-19,36H,1H3,(H,35,39)/t33-/m1/s1. The maximum Gasteiger partial charge on any atom is 0.245 e. The number of carbonyl (C=O) groups excluding carboxylic acids is 1. The molecule has 1 spiro atoms. The summed E-state index contributed by atoms with van der Waals surface area (Å²) in [5, 5.41) is 22.5. The van der Waals surface area contributed by atoms with E-state index in [0.29, 0.717) is 39.8 Å². The third kappa shape index (κ3) is 3.23. The average molecular weight is 522 g/mol. The molecule has 0 bridgehead atoms. The minimum Gasteiger partial charge on any atom is -0.497 e. The van der Waals surface area contributed by atoms with Crippen LogP contribution in [0.3, 0.4) is 0 Å². The van der Waals surface area contributed by atoms with Crippen molar-refractivity contribution in [3.05, 3.63) is 131 Å². The van der Waals surface area contributed by atoms with Gasteiger partial charge in [-0.1, -0.05) is 66.7 Å². The van der Waals surface area contributed by atoms with Crippen LogP contribution in [0, 0.1) is 11.3 Å². The van der Waals surface area contributed by atoms with Crippen LogP contribution in [0.4, 0.5) is 11.5 Å².